The third kappa shape index (κ3) is 7.63. The Morgan fingerprint density at radius 1 is 1.17 bits per heavy atom. The highest BCUT2D eigenvalue weighted by molar-refractivity contribution is 7.80. The summed E-state index contributed by atoms with van der Waals surface area (Å²) >= 11 is 16.7. The topological polar surface area (TPSA) is 70.2 Å². The fourth-order valence-electron chi connectivity index (χ4n) is 1.72. The maximum absolute atomic E-state index is 11.6. The molecule has 0 aliphatic rings. The van der Waals surface area contributed by atoms with Crippen LogP contribution in [0.5, 0.6) is 0 Å². The third-order valence-electron chi connectivity index (χ3n) is 2.77. The van der Waals surface area contributed by atoms with Crippen molar-refractivity contribution < 1.29 is 9.59 Å². The quantitative estimate of drug-likeness (QED) is 0.499. The molecule has 5 nitrogen and oxygen atoms in total. The van der Waals surface area contributed by atoms with Gasteiger partial charge in [-0.3, -0.25) is 9.59 Å². The normalized spacial score (nSPS) is 10.0. The van der Waals surface area contributed by atoms with Gasteiger partial charge in [-0.25, -0.2) is 0 Å². The molecule has 0 fully saturated rings. The zero-order valence-corrected chi connectivity index (χ0v) is 15.1. The molecule has 0 aliphatic heterocycles. The van der Waals surface area contributed by atoms with Gasteiger partial charge in [-0.1, -0.05) is 18.5 Å². The first kappa shape index (κ1) is 19.7. The molecule has 1 aromatic rings. The van der Waals surface area contributed by atoms with Gasteiger partial charge in [0.2, 0.25) is 11.8 Å². The van der Waals surface area contributed by atoms with E-state index in [-0.39, 0.29) is 16.9 Å². The van der Waals surface area contributed by atoms with E-state index in [1.807, 2.05) is 6.92 Å². The van der Waals surface area contributed by atoms with Crippen LogP contribution in [-0.2, 0) is 9.59 Å². The van der Waals surface area contributed by atoms with E-state index in [1.165, 1.54) is 0 Å². The molecule has 1 aromatic carbocycles. The first-order valence-electron chi connectivity index (χ1n) is 7.22. The second-order valence-corrected chi connectivity index (χ2v) is 5.98. The molecule has 0 bridgehead atoms. The minimum Gasteiger partial charge on any atom is -0.331 e. The molecule has 2 amide bonds. The molecular formula is C15H19Cl2N3O2S. The summed E-state index contributed by atoms with van der Waals surface area (Å²) < 4.78 is 0. The average molecular weight is 376 g/mol. The molecule has 0 radical (unpaired) electrons. The summed E-state index contributed by atoms with van der Waals surface area (Å²) in [6, 6.07) is 5.00. The second kappa shape index (κ2) is 10.4. The Hall–Kier alpha value is -1.37. The molecule has 0 aromatic heterocycles. The maximum atomic E-state index is 11.6. The fourth-order valence-corrected chi connectivity index (χ4v) is 2.24. The van der Waals surface area contributed by atoms with E-state index in [0.717, 1.165) is 6.42 Å². The SMILES string of the molecule is CCCC(=O)Nc1ccc(Cl)c(NC(=S)NC(=O)CCCCl)c1. The van der Waals surface area contributed by atoms with E-state index in [1.54, 1.807) is 18.2 Å². The van der Waals surface area contributed by atoms with Gasteiger partial charge in [0.1, 0.15) is 0 Å². The van der Waals surface area contributed by atoms with E-state index in [9.17, 15) is 9.59 Å². The van der Waals surface area contributed by atoms with Gasteiger partial charge in [-0.15, -0.1) is 11.6 Å². The molecule has 0 heterocycles. The Bertz CT molecular complexity index is 582. The molecular weight excluding hydrogens is 357 g/mol. The van der Waals surface area contributed by atoms with E-state index >= 15 is 0 Å². The molecule has 3 N–H and O–H groups in total. The highest BCUT2D eigenvalue weighted by atomic mass is 35.5. The molecule has 0 spiro atoms. The van der Waals surface area contributed by atoms with Crippen molar-refractivity contribution in [1.82, 2.24) is 5.32 Å². The molecule has 126 valence electrons. The minimum absolute atomic E-state index is 0.0715. The van der Waals surface area contributed by atoms with Crippen molar-refractivity contribution in [3.05, 3.63) is 23.2 Å². The number of alkyl halides is 1. The molecule has 0 saturated heterocycles. The number of benzene rings is 1. The third-order valence-corrected chi connectivity index (χ3v) is 3.57. The Kier molecular flexibility index (Phi) is 8.91. The Labute approximate surface area is 151 Å². The number of hydrogen-bond acceptors (Lipinski definition) is 3. The first-order valence-corrected chi connectivity index (χ1v) is 8.54. The van der Waals surface area contributed by atoms with E-state index < -0.39 is 0 Å². The molecule has 23 heavy (non-hydrogen) atoms. The standard InChI is InChI=1S/C15H19Cl2N3O2S/c1-2-4-13(21)18-10-6-7-11(17)12(9-10)19-15(23)20-14(22)5-3-8-16/h6-7,9H,2-5,8H2,1H3,(H,18,21)(H2,19,20,22,23). The van der Waals surface area contributed by atoms with Gasteiger partial charge >= 0.3 is 0 Å². The van der Waals surface area contributed by atoms with Crippen molar-refractivity contribution in [2.75, 3.05) is 16.5 Å². The molecule has 1 rings (SSSR count). The van der Waals surface area contributed by atoms with E-state index in [4.69, 9.17) is 35.4 Å². The second-order valence-electron chi connectivity index (χ2n) is 4.79. The van der Waals surface area contributed by atoms with Crippen LogP contribution in [0, 0.1) is 0 Å². The van der Waals surface area contributed by atoms with Crippen LogP contribution in [0.3, 0.4) is 0 Å². The lowest BCUT2D eigenvalue weighted by molar-refractivity contribution is -0.119. The summed E-state index contributed by atoms with van der Waals surface area (Å²) in [5.41, 5.74) is 1.11. The van der Waals surface area contributed by atoms with Crippen molar-refractivity contribution in [3.8, 4) is 0 Å². The molecule has 0 aliphatic carbocycles. The van der Waals surface area contributed by atoms with Crippen molar-refractivity contribution in [3.63, 3.8) is 0 Å². The average Bonchev–Trinajstić information content (AvgIpc) is 2.48. The number of anilines is 2. The van der Waals surface area contributed by atoms with E-state index in [2.05, 4.69) is 16.0 Å². The van der Waals surface area contributed by atoms with Gasteiger partial charge in [-0.2, -0.15) is 0 Å². The Morgan fingerprint density at radius 2 is 1.91 bits per heavy atom. The number of thiocarbonyl (C=S) groups is 1. The molecule has 8 heteroatoms. The summed E-state index contributed by atoms with van der Waals surface area (Å²) in [5.74, 6) is 0.128. The van der Waals surface area contributed by atoms with Crippen LogP contribution < -0.4 is 16.0 Å². The zero-order valence-electron chi connectivity index (χ0n) is 12.7. The van der Waals surface area contributed by atoms with Crippen LogP contribution in [-0.4, -0.2) is 22.8 Å². The number of amides is 2. The lowest BCUT2D eigenvalue weighted by atomic mass is 10.2. The Morgan fingerprint density at radius 3 is 2.57 bits per heavy atom. The fraction of sp³-hybridized carbons (Fsp3) is 0.400. The van der Waals surface area contributed by atoms with Crippen LogP contribution in [0.2, 0.25) is 5.02 Å². The predicted molar refractivity (Wildman–Crippen MR) is 99.3 cm³/mol. The molecule has 0 saturated carbocycles. The van der Waals surface area contributed by atoms with Gasteiger partial charge in [0.25, 0.3) is 0 Å². The number of hydrogen-bond donors (Lipinski definition) is 3. The Balaban J connectivity index is 2.66. The first-order chi connectivity index (χ1) is 11.0. The van der Waals surface area contributed by atoms with Crippen LogP contribution in [0.1, 0.15) is 32.6 Å². The van der Waals surface area contributed by atoms with Crippen molar-refractivity contribution in [1.29, 1.82) is 0 Å². The van der Waals surface area contributed by atoms with Gasteiger partial charge in [0.15, 0.2) is 5.11 Å². The van der Waals surface area contributed by atoms with Gasteiger partial charge in [-0.05, 0) is 43.3 Å². The van der Waals surface area contributed by atoms with Crippen LogP contribution in [0.25, 0.3) is 0 Å². The highest BCUT2D eigenvalue weighted by Crippen LogP contribution is 2.25. The largest absolute Gasteiger partial charge is 0.331 e. The summed E-state index contributed by atoms with van der Waals surface area (Å²) in [5, 5.41) is 8.73. The zero-order chi connectivity index (χ0) is 17.2. The summed E-state index contributed by atoms with van der Waals surface area (Å²) in [6.45, 7) is 1.93. The lowest BCUT2D eigenvalue weighted by Crippen LogP contribution is -2.34. The lowest BCUT2D eigenvalue weighted by Gasteiger charge is -2.12. The van der Waals surface area contributed by atoms with Gasteiger partial charge in [0.05, 0.1) is 10.7 Å². The number of halogens is 2. The number of carbonyl (C=O) groups is 2. The maximum Gasteiger partial charge on any atom is 0.226 e. The number of carbonyl (C=O) groups excluding carboxylic acids is 2. The molecule has 0 unspecified atom stereocenters. The van der Waals surface area contributed by atoms with Crippen LogP contribution in [0.4, 0.5) is 11.4 Å². The minimum atomic E-state index is -0.216. The summed E-state index contributed by atoms with van der Waals surface area (Å²) in [7, 11) is 0. The highest BCUT2D eigenvalue weighted by Gasteiger charge is 2.09. The van der Waals surface area contributed by atoms with Crippen LogP contribution >= 0.6 is 35.4 Å². The van der Waals surface area contributed by atoms with Gasteiger partial charge in [0, 0.05) is 24.4 Å². The monoisotopic (exact) mass is 375 g/mol. The predicted octanol–water partition coefficient (Wildman–Crippen LogP) is 3.91. The van der Waals surface area contributed by atoms with Gasteiger partial charge < -0.3 is 16.0 Å². The van der Waals surface area contributed by atoms with Crippen molar-refractivity contribution >= 4 is 63.7 Å². The summed E-state index contributed by atoms with van der Waals surface area (Å²) in [4.78, 5) is 23.2. The van der Waals surface area contributed by atoms with Crippen molar-refractivity contribution in [2.45, 2.75) is 32.6 Å². The summed E-state index contributed by atoms with van der Waals surface area (Å²) in [6.07, 6.45) is 2.09. The van der Waals surface area contributed by atoms with Crippen molar-refractivity contribution in [2.24, 2.45) is 0 Å². The smallest absolute Gasteiger partial charge is 0.226 e. The number of nitrogens with one attached hydrogen (secondary N) is 3. The number of rotatable bonds is 7. The van der Waals surface area contributed by atoms with E-state index in [0.29, 0.717) is 41.5 Å². The molecule has 0 atom stereocenters. The van der Waals surface area contributed by atoms with Crippen LogP contribution in [0.15, 0.2) is 18.2 Å².